The molecule has 0 aliphatic rings. The number of nitrogens with zero attached hydrogens (tertiary/aromatic N) is 2. The van der Waals surface area contributed by atoms with Crippen molar-refractivity contribution >= 4 is 23.6 Å². The van der Waals surface area contributed by atoms with Crippen LogP contribution in [-0.2, 0) is 11.3 Å². The summed E-state index contributed by atoms with van der Waals surface area (Å²) in [5.41, 5.74) is 2.83. The molecule has 4 nitrogen and oxygen atoms in total. The summed E-state index contributed by atoms with van der Waals surface area (Å²) in [6, 6.07) is 10.1. The van der Waals surface area contributed by atoms with Gasteiger partial charge in [-0.2, -0.15) is 5.10 Å². The number of rotatable bonds is 7. The topological polar surface area (TPSA) is 46.9 Å². The number of hydrogen-bond acceptors (Lipinski definition) is 2. The van der Waals surface area contributed by atoms with Gasteiger partial charge in [0.05, 0.1) is 5.69 Å². The van der Waals surface area contributed by atoms with Crippen molar-refractivity contribution in [3.63, 3.8) is 0 Å². The van der Waals surface area contributed by atoms with Crippen molar-refractivity contribution in [1.29, 1.82) is 0 Å². The number of aryl methyl sites for hydroxylation is 1. The zero-order valence-corrected chi connectivity index (χ0v) is 16.0. The van der Waals surface area contributed by atoms with Gasteiger partial charge in [-0.1, -0.05) is 62.7 Å². The Morgan fingerprint density at radius 1 is 1.28 bits per heavy atom. The smallest absolute Gasteiger partial charge is 0.244 e. The molecule has 1 amide bonds. The lowest BCUT2D eigenvalue weighted by Crippen LogP contribution is -2.25. The van der Waals surface area contributed by atoms with Crippen LogP contribution >= 0.6 is 11.6 Å². The zero-order chi connectivity index (χ0) is 18.4. The van der Waals surface area contributed by atoms with E-state index < -0.39 is 0 Å². The quantitative estimate of drug-likeness (QED) is 0.743. The van der Waals surface area contributed by atoms with Crippen LogP contribution in [0.3, 0.4) is 0 Å². The van der Waals surface area contributed by atoms with Crippen molar-refractivity contribution in [3.05, 3.63) is 58.4 Å². The fourth-order valence-corrected chi connectivity index (χ4v) is 2.90. The van der Waals surface area contributed by atoms with Crippen molar-refractivity contribution < 1.29 is 4.79 Å². The summed E-state index contributed by atoms with van der Waals surface area (Å²) in [5, 5.41) is 7.95. The number of benzene rings is 1. The lowest BCUT2D eigenvalue weighted by Gasteiger charge is -2.11. The van der Waals surface area contributed by atoms with E-state index in [-0.39, 0.29) is 11.8 Å². The van der Waals surface area contributed by atoms with Crippen molar-refractivity contribution in [3.8, 4) is 0 Å². The molecule has 0 radical (unpaired) electrons. The van der Waals surface area contributed by atoms with Crippen LogP contribution in [0.5, 0.6) is 0 Å². The van der Waals surface area contributed by atoms with Gasteiger partial charge in [0.2, 0.25) is 5.91 Å². The molecule has 0 spiro atoms. The molecule has 0 saturated carbocycles. The Bertz CT molecular complexity index is 735. The Balaban J connectivity index is 1.95. The molecule has 0 bridgehead atoms. The third-order valence-corrected chi connectivity index (χ3v) is 4.40. The summed E-state index contributed by atoms with van der Waals surface area (Å²) in [7, 11) is 0. The summed E-state index contributed by atoms with van der Waals surface area (Å²) in [4.78, 5) is 12.1. The first-order chi connectivity index (χ1) is 11.9. The van der Waals surface area contributed by atoms with E-state index >= 15 is 0 Å². The second-order valence-corrected chi connectivity index (χ2v) is 7.11. The minimum atomic E-state index is -0.130. The molecule has 1 N–H and O–H groups in total. The monoisotopic (exact) mass is 359 g/mol. The van der Waals surface area contributed by atoms with Crippen LogP contribution in [0.25, 0.3) is 6.08 Å². The van der Waals surface area contributed by atoms with Crippen LogP contribution in [0.1, 0.15) is 43.5 Å². The van der Waals surface area contributed by atoms with Gasteiger partial charge in [0.1, 0.15) is 5.15 Å². The molecule has 0 aliphatic carbocycles. The molecule has 1 aromatic heterocycles. The fraction of sp³-hybridized carbons (Fsp3) is 0.400. The molecule has 1 unspecified atom stereocenters. The number of hydrogen-bond donors (Lipinski definition) is 1. The molecule has 134 valence electrons. The molecule has 2 aromatic rings. The van der Waals surface area contributed by atoms with Gasteiger partial charge in [-0.15, -0.1) is 0 Å². The summed E-state index contributed by atoms with van der Waals surface area (Å²) in [6.07, 6.45) is 3.26. The van der Waals surface area contributed by atoms with Gasteiger partial charge >= 0.3 is 0 Å². The van der Waals surface area contributed by atoms with E-state index in [2.05, 4.69) is 43.3 Å². The normalized spacial score (nSPS) is 12.7. The highest BCUT2D eigenvalue weighted by molar-refractivity contribution is 6.31. The molecule has 25 heavy (non-hydrogen) atoms. The van der Waals surface area contributed by atoms with E-state index in [9.17, 15) is 4.79 Å². The van der Waals surface area contributed by atoms with Gasteiger partial charge in [0.15, 0.2) is 0 Å². The zero-order valence-electron chi connectivity index (χ0n) is 15.3. The van der Waals surface area contributed by atoms with Crippen molar-refractivity contribution in [1.82, 2.24) is 15.1 Å². The highest BCUT2D eigenvalue weighted by atomic mass is 35.5. The average molecular weight is 360 g/mol. The van der Waals surface area contributed by atoms with E-state index in [1.165, 1.54) is 11.6 Å². The largest absolute Gasteiger partial charge is 0.352 e. The first kappa shape index (κ1) is 19.3. The highest BCUT2D eigenvalue weighted by Crippen LogP contribution is 2.22. The first-order valence-electron chi connectivity index (χ1n) is 8.62. The Labute approximate surface area is 154 Å². The number of carbonyl (C=O) groups is 1. The molecular formula is C20H26ClN3O. The molecule has 0 aliphatic heterocycles. The van der Waals surface area contributed by atoms with E-state index in [0.717, 1.165) is 17.8 Å². The van der Waals surface area contributed by atoms with Crippen molar-refractivity contribution in [2.45, 2.75) is 40.2 Å². The van der Waals surface area contributed by atoms with Crippen LogP contribution in [0, 0.1) is 12.8 Å². The Morgan fingerprint density at radius 3 is 2.60 bits per heavy atom. The minimum absolute atomic E-state index is 0.130. The van der Waals surface area contributed by atoms with E-state index in [1.54, 1.807) is 10.8 Å². The molecule has 5 heteroatoms. The molecule has 2 rings (SSSR count). The Kier molecular flexibility index (Phi) is 6.82. The van der Waals surface area contributed by atoms with Crippen LogP contribution < -0.4 is 5.32 Å². The molecule has 1 aromatic carbocycles. The van der Waals surface area contributed by atoms with Gasteiger partial charge in [-0.25, -0.2) is 0 Å². The molecule has 1 heterocycles. The maximum Gasteiger partial charge on any atom is 0.244 e. The minimum Gasteiger partial charge on any atom is -0.352 e. The molecule has 1 atom stereocenters. The second-order valence-electron chi connectivity index (χ2n) is 6.76. The van der Waals surface area contributed by atoms with Crippen LogP contribution in [0.15, 0.2) is 36.4 Å². The third-order valence-electron chi connectivity index (χ3n) is 4.00. The maximum absolute atomic E-state index is 12.1. The fourth-order valence-electron chi connectivity index (χ4n) is 2.59. The predicted molar refractivity (Wildman–Crippen MR) is 104 cm³/mol. The van der Waals surface area contributed by atoms with Crippen LogP contribution in [0.4, 0.5) is 0 Å². The molecular weight excluding hydrogens is 334 g/mol. The SMILES string of the molecule is Cc1nn(CC(C)C)c(Cl)c1C=CC(=O)NCC(C)c1ccccc1. The van der Waals surface area contributed by atoms with E-state index in [1.807, 2.05) is 25.1 Å². The number of amides is 1. The van der Waals surface area contributed by atoms with Crippen molar-refractivity contribution in [2.24, 2.45) is 5.92 Å². The summed E-state index contributed by atoms with van der Waals surface area (Å²) >= 11 is 6.38. The van der Waals surface area contributed by atoms with Gasteiger partial charge in [0, 0.05) is 24.7 Å². The molecule has 0 saturated heterocycles. The van der Waals surface area contributed by atoms with Gasteiger partial charge in [0.25, 0.3) is 0 Å². The summed E-state index contributed by atoms with van der Waals surface area (Å²) in [5.74, 6) is 0.587. The van der Waals surface area contributed by atoms with Crippen LogP contribution in [-0.4, -0.2) is 22.2 Å². The Morgan fingerprint density at radius 2 is 1.96 bits per heavy atom. The predicted octanol–water partition coefficient (Wildman–Crippen LogP) is 4.43. The summed E-state index contributed by atoms with van der Waals surface area (Å²) in [6.45, 7) is 9.57. The maximum atomic E-state index is 12.1. The lowest BCUT2D eigenvalue weighted by molar-refractivity contribution is -0.116. The van der Waals surface area contributed by atoms with Crippen molar-refractivity contribution in [2.75, 3.05) is 6.54 Å². The lowest BCUT2D eigenvalue weighted by atomic mass is 10.0. The highest BCUT2D eigenvalue weighted by Gasteiger charge is 2.12. The summed E-state index contributed by atoms with van der Waals surface area (Å²) < 4.78 is 1.79. The van der Waals surface area contributed by atoms with Gasteiger partial charge < -0.3 is 5.32 Å². The number of halogens is 1. The third kappa shape index (κ3) is 5.46. The van der Waals surface area contributed by atoms with E-state index in [0.29, 0.717) is 17.6 Å². The number of aromatic nitrogens is 2. The van der Waals surface area contributed by atoms with Crippen LogP contribution in [0.2, 0.25) is 5.15 Å². The number of nitrogens with one attached hydrogen (secondary N) is 1. The van der Waals surface area contributed by atoms with Gasteiger partial charge in [-0.05, 0) is 30.4 Å². The Hall–Kier alpha value is -2.07. The second kappa shape index (κ2) is 8.86. The average Bonchev–Trinajstić information content (AvgIpc) is 2.84. The standard InChI is InChI=1S/C20H26ClN3O/c1-14(2)13-24-20(21)18(16(4)23-24)10-11-19(25)22-12-15(3)17-8-6-5-7-9-17/h5-11,14-15H,12-13H2,1-4H3,(H,22,25). The van der Waals surface area contributed by atoms with Gasteiger partial charge in [-0.3, -0.25) is 9.48 Å². The number of carbonyl (C=O) groups excluding carboxylic acids is 1. The first-order valence-corrected chi connectivity index (χ1v) is 9.00. The molecule has 0 fully saturated rings. The van der Waals surface area contributed by atoms with E-state index in [4.69, 9.17) is 11.6 Å².